The van der Waals surface area contributed by atoms with Gasteiger partial charge in [0.2, 0.25) is 5.91 Å². The Kier molecular flexibility index (Phi) is 5.09. The predicted molar refractivity (Wildman–Crippen MR) is 88.4 cm³/mol. The lowest BCUT2D eigenvalue weighted by Gasteiger charge is -2.34. The van der Waals surface area contributed by atoms with Gasteiger partial charge in [-0.1, -0.05) is 0 Å². The predicted octanol–water partition coefficient (Wildman–Crippen LogP) is 1.39. The third-order valence-electron chi connectivity index (χ3n) is 3.98. The zero-order valence-corrected chi connectivity index (χ0v) is 14.0. The van der Waals surface area contributed by atoms with E-state index in [4.69, 9.17) is 9.52 Å². The van der Waals surface area contributed by atoms with Crippen LogP contribution in [0.1, 0.15) is 11.5 Å². The maximum absolute atomic E-state index is 12.4. The molecule has 0 unspecified atom stereocenters. The molecular formula is C16H21N3O3S. The molecule has 1 fully saturated rings. The average Bonchev–Trinajstić information content (AvgIpc) is 3.17. The van der Waals surface area contributed by atoms with Crippen LogP contribution < -0.4 is 0 Å². The molecular weight excluding hydrogens is 314 g/mol. The fourth-order valence-corrected chi connectivity index (χ4v) is 3.46. The first kappa shape index (κ1) is 16.2. The zero-order valence-electron chi connectivity index (χ0n) is 13.2. The van der Waals surface area contributed by atoms with E-state index in [-0.39, 0.29) is 12.5 Å². The molecule has 1 N–H and O–H groups in total. The zero-order chi connectivity index (χ0) is 16.2. The molecule has 1 amide bonds. The summed E-state index contributed by atoms with van der Waals surface area (Å²) in [7, 11) is 0. The van der Waals surface area contributed by atoms with Gasteiger partial charge in [-0.2, -0.15) is 0 Å². The summed E-state index contributed by atoms with van der Waals surface area (Å²) in [5.74, 6) is 1.72. The Hall–Kier alpha value is -1.70. The fraction of sp³-hybridized carbons (Fsp3) is 0.500. The Bertz CT molecular complexity index is 659. The molecule has 2 aromatic rings. The highest BCUT2D eigenvalue weighted by Gasteiger charge is 2.21. The molecule has 1 aliphatic rings. The molecule has 0 saturated carbocycles. The summed E-state index contributed by atoms with van der Waals surface area (Å²) in [4.78, 5) is 20.9. The van der Waals surface area contributed by atoms with Gasteiger partial charge in [-0.3, -0.25) is 9.69 Å². The standard InChI is InChI=1S/C16H21N3O3S/c1-12-2-3-14(22-12)16-17-13(11-23-16)10-15(21)19-6-4-18(5-7-19)8-9-20/h2-3,11,20H,4-10H2,1H3. The average molecular weight is 335 g/mol. The number of furan rings is 1. The summed E-state index contributed by atoms with van der Waals surface area (Å²) in [5, 5.41) is 11.7. The van der Waals surface area contributed by atoms with Gasteiger partial charge in [0.15, 0.2) is 10.8 Å². The van der Waals surface area contributed by atoms with Gasteiger partial charge in [0.25, 0.3) is 0 Å². The molecule has 7 heteroatoms. The number of rotatable bonds is 5. The lowest BCUT2D eigenvalue weighted by atomic mass is 10.2. The van der Waals surface area contributed by atoms with Crippen molar-refractivity contribution in [2.24, 2.45) is 0 Å². The van der Waals surface area contributed by atoms with Crippen molar-refractivity contribution in [3.8, 4) is 10.8 Å². The van der Waals surface area contributed by atoms with E-state index < -0.39 is 0 Å². The van der Waals surface area contributed by atoms with Crippen LogP contribution in [0, 0.1) is 6.92 Å². The van der Waals surface area contributed by atoms with E-state index in [1.54, 1.807) is 0 Å². The molecule has 2 aromatic heterocycles. The van der Waals surface area contributed by atoms with Crippen molar-refractivity contribution in [1.82, 2.24) is 14.8 Å². The van der Waals surface area contributed by atoms with Crippen molar-refractivity contribution in [3.63, 3.8) is 0 Å². The van der Waals surface area contributed by atoms with E-state index in [1.807, 2.05) is 29.3 Å². The van der Waals surface area contributed by atoms with Gasteiger partial charge in [0.05, 0.1) is 18.7 Å². The number of aliphatic hydroxyl groups excluding tert-OH is 1. The van der Waals surface area contributed by atoms with Crippen LogP contribution in [0.2, 0.25) is 0 Å². The highest BCUT2D eigenvalue weighted by Crippen LogP contribution is 2.25. The number of aryl methyl sites for hydroxylation is 1. The lowest BCUT2D eigenvalue weighted by Crippen LogP contribution is -2.49. The number of carbonyl (C=O) groups excluding carboxylic acids is 1. The summed E-state index contributed by atoms with van der Waals surface area (Å²) in [5.41, 5.74) is 0.793. The second-order valence-corrected chi connectivity index (χ2v) is 6.54. The maximum Gasteiger partial charge on any atom is 0.228 e. The van der Waals surface area contributed by atoms with Crippen molar-refractivity contribution < 1.29 is 14.3 Å². The number of β-amino-alcohol motifs (C(OH)–C–C–N with tert-alkyl or cyclic N) is 1. The molecule has 6 nitrogen and oxygen atoms in total. The highest BCUT2D eigenvalue weighted by atomic mass is 32.1. The molecule has 0 bridgehead atoms. The van der Waals surface area contributed by atoms with Crippen LogP contribution >= 0.6 is 11.3 Å². The van der Waals surface area contributed by atoms with Crippen molar-refractivity contribution in [1.29, 1.82) is 0 Å². The molecule has 0 radical (unpaired) electrons. The summed E-state index contributed by atoms with van der Waals surface area (Å²) < 4.78 is 5.57. The van der Waals surface area contributed by atoms with E-state index >= 15 is 0 Å². The van der Waals surface area contributed by atoms with Gasteiger partial charge >= 0.3 is 0 Å². The number of amides is 1. The topological polar surface area (TPSA) is 69.8 Å². The van der Waals surface area contributed by atoms with Crippen molar-refractivity contribution in [2.75, 3.05) is 39.3 Å². The molecule has 0 spiro atoms. The molecule has 3 rings (SSSR count). The molecule has 0 atom stereocenters. The van der Waals surface area contributed by atoms with Crippen LogP contribution in [0.3, 0.4) is 0 Å². The summed E-state index contributed by atoms with van der Waals surface area (Å²) in [6.07, 6.45) is 0.330. The first-order valence-corrected chi connectivity index (χ1v) is 8.66. The minimum absolute atomic E-state index is 0.112. The summed E-state index contributed by atoms with van der Waals surface area (Å²) in [6, 6.07) is 3.81. The normalized spacial score (nSPS) is 16.0. The molecule has 23 heavy (non-hydrogen) atoms. The van der Waals surface area contributed by atoms with Gasteiger partial charge in [-0.15, -0.1) is 11.3 Å². The summed E-state index contributed by atoms with van der Waals surface area (Å²) >= 11 is 1.50. The number of hydrogen-bond donors (Lipinski definition) is 1. The smallest absolute Gasteiger partial charge is 0.228 e. The molecule has 1 aliphatic heterocycles. The molecule has 3 heterocycles. The third-order valence-corrected chi connectivity index (χ3v) is 4.88. The molecule has 0 aliphatic carbocycles. The largest absolute Gasteiger partial charge is 0.459 e. The van der Waals surface area contributed by atoms with Gasteiger partial charge in [0, 0.05) is 38.1 Å². The number of aliphatic hydroxyl groups is 1. The van der Waals surface area contributed by atoms with E-state index in [9.17, 15) is 4.79 Å². The van der Waals surface area contributed by atoms with Crippen LogP contribution in [0.5, 0.6) is 0 Å². The van der Waals surface area contributed by atoms with Crippen molar-refractivity contribution >= 4 is 17.2 Å². The SMILES string of the molecule is Cc1ccc(-c2nc(CC(=O)N3CCN(CCO)CC3)cs2)o1. The molecule has 0 aromatic carbocycles. The van der Waals surface area contributed by atoms with Crippen LogP contribution in [0.25, 0.3) is 10.8 Å². The number of thiazole rings is 1. The Labute approximate surface area is 139 Å². The summed E-state index contributed by atoms with van der Waals surface area (Å²) in [6.45, 7) is 5.82. The van der Waals surface area contributed by atoms with Gasteiger partial charge in [-0.25, -0.2) is 4.98 Å². The Morgan fingerprint density at radius 2 is 2.13 bits per heavy atom. The Morgan fingerprint density at radius 3 is 2.78 bits per heavy atom. The molecule has 124 valence electrons. The van der Waals surface area contributed by atoms with E-state index in [2.05, 4.69) is 9.88 Å². The lowest BCUT2D eigenvalue weighted by molar-refractivity contribution is -0.132. The van der Waals surface area contributed by atoms with Crippen LogP contribution in [0.4, 0.5) is 0 Å². The number of aromatic nitrogens is 1. The van der Waals surface area contributed by atoms with Gasteiger partial charge < -0.3 is 14.4 Å². The van der Waals surface area contributed by atoms with Gasteiger partial charge in [0.1, 0.15) is 5.76 Å². The quantitative estimate of drug-likeness (QED) is 0.894. The second kappa shape index (κ2) is 7.25. The Balaban J connectivity index is 1.55. The van der Waals surface area contributed by atoms with Crippen LogP contribution in [0.15, 0.2) is 21.9 Å². The van der Waals surface area contributed by atoms with Crippen LogP contribution in [-0.2, 0) is 11.2 Å². The van der Waals surface area contributed by atoms with Gasteiger partial charge in [-0.05, 0) is 19.1 Å². The first-order chi connectivity index (χ1) is 11.2. The molecule has 1 saturated heterocycles. The number of piperazine rings is 1. The number of carbonyl (C=O) groups is 1. The van der Waals surface area contributed by atoms with E-state index in [1.165, 1.54) is 11.3 Å². The third kappa shape index (κ3) is 3.99. The number of hydrogen-bond acceptors (Lipinski definition) is 6. The second-order valence-electron chi connectivity index (χ2n) is 5.68. The monoisotopic (exact) mass is 335 g/mol. The van der Waals surface area contributed by atoms with Crippen molar-refractivity contribution in [3.05, 3.63) is 29.0 Å². The maximum atomic E-state index is 12.4. The number of nitrogens with zero attached hydrogens (tertiary/aromatic N) is 3. The minimum atomic E-state index is 0.112. The van der Waals surface area contributed by atoms with E-state index in [0.717, 1.165) is 35.3 Å². The first-order valence-electron chi connectivity index (χ1n) is 7.78. The highest BCUT2D eigenvalue weighted by molar-refractivity contribution is 7.13. The van der Waals surface area contributed by atoms with Crippen LogP contribution in [-0.4, -0.2) is 65.1 Å². The minimum Gasteiger partial charge on any atom is -0.459 e. The van der Waals surface area contributed by atoms with Crippen molar-refractivity contribution in [2.45, 2.75) is 13.3 Å². The Morgan fingerprint density at radius 1 is 1.35 bits per heavy atom. The fourth-order valence-electron chi connectivity index (χ4n) is 2.68. The van der Waals surface area contributed by atoms with E-state index in [0.29, 0.717) is 26.1 Å².